The van der Waals surface area contributed by atoms with E-state index in [1.807, 2.05) is 36.6 Å². The maximum atomic E-state index is 13.3. The second-order valence-electron chi connectivity index (χ2n) is 7.44. The molecule has 0 unspecified atom stereocenters. The number of aromatic nitrogens is 2. The normalized spacial score (nSPS) is 23.5. The van der Waals surface area contributed by atoms with E-state index in [0.29, 0.717) is 10.2 Å². The zero-order chi connectivity index (χ0) is 19.6. The van der Waals surface area contributed by atoms with Gasteiger partial charge in [-0.15, -0.1) is 11.3 Å². The third-order valence-corrected chi connectivity index (χ3v) is 8.19. The summed E-state index contributed by atoms with van der Waals surface area (Å²) in [6.45, 7) is 2.00. The zero-order valence-corrected chi connectivity index (χ0v) is 16.7. The first kappa shape index (κ1) is 17.6. The molecule has 0 bridgehead atoms. The number of sulfone groups is 1. The van der Waals surface area contributed by atoms with Crippen LogP contribution in [0.25, 0.3) is 21.3 Å². The van der Waals surface area contributed by atoms with Gasteiger partial charge in [0.2, 0.25) is 5.91 Å². The van der Waals surface area contributed by atoms with Gasteiger partial charge >= 0.3 is 0 Å². The lowest BCUT2D eigenvalue weighted by Crippen LogP contribution is -2.49. The molecule has 0 aliphatic carbocycles. The molecule has 0 spiro atoms. The van der Waals surface area contributed by atoms with Crippen molar-refractivity contribution in [3.8, 4) is 11.1 Å². The number of carbonyl (C=O) groups is 1. The lowest BCUT2D eigenvalue weighted by atomic mass is 10.1. The van der Waals surface area contributed by atoms with Crippen LogP contribution in [0.15, 0.2) is 40.8 Å². The molecule has 1 amide bonds. The molecule has 0 radical (unpaired) electrons. The van der Waals surface area contributed by atoms with Crippen LogP contribution in [-0.2, 0) is 14.6 Å². The SMILES string of the molecule is Cc1ccc(-c2csc3ncn(N4C(=O)C[C@H]5CS(=O)(=O)C[C@@H]54)c(=O)c23)cc1. The summed E-state index contributed by atoms with van der Waals surface area (Å²) in [5.41, 5.74) is 2.45. The van der Waals surface area contributed by atoms with E-state index in [2.05, 4.69) is 4.98 Å². The van der Waals surface area contributed by atoms with Gasteiger partial charge in [0.25, 0.3) is 5.56 Å². The molecule has 2 saturated heterocycles. The van der Waals surface area contributed by atoms with E-state index in [4.69, 9.17) is 0 Å². The summed E-state index contributed by atoms with van der Waals surface area (Å²) in [5, 5.41) is 3.65. The van der Waals surface area contributed by atoms with Crippen LogP contribution in [-0.4, -0.2) is 41.5 Å². The van der Waals surface area contributed by atoms with Gasteiger partial charge in [0.1, 0.15) is 11.2 Å². The predicted octanol–water partition coefficient (Wildman–Crippen LogP) is 1.71. The minimum Gasteiger partial charge on any atom is -0.273 e. The van der Waals surface area contributed by atoms with Crippen LogP contribution >= 0.6 is 11.3 Å². The Labute approximate surface area is 165 Å². The smallest absolute Gasteiger partial charge is 0.273 e. The fourth-order valence-corrected chi connectivity index (χ4v) is 7.14. The molecular weight excluding hydrogens is 398 g/mol. The molecule has 1 aromatic carbocycles. The van der Waals surface area contributed by atoms with Crippen molar-refractivity contribution in [3.05, 3.63) is 51.9 Å². The fraction of sp³-hybridized carbons (Fsp3) is 0.316. The van der Waals surface area contributed by atoms with Crippen molar-refractivity contribution in [1.29, 1.82) is 0 Å². The van der Waals surface area contributed by atoms with E-state index in [0.717, 1.165) is 16.7 Å². The zero-order valence-electron chi connectivity index (χ0n) is 15.0. The number of thiophene rings is 1. The number of hydrogen-bond acceptors (Lipinski definition) is 6. The van der Waals surface area contributed by atoms with Gasteiger partial charge < -0.3 is 0 Å². The fourth-order valence-electron chi connectivity index (χ4n) is 4.17. The van der Waals surface area contributed by atoms with Crippen molar-refractivity contribution >= 4 is 37.3 Å². The van der Waals surface area contributed by atoms with E-state index < -0.39 is 15.9 Å². The molecule has 2 aromatic heterocycles. The number of amides is 1. The van der Waals surface area contributed by atoms with Gasteiger partial charge in [-0.05, 0) is 12.5 Å². The van der Waals surface area contributed by atoms with Gasteiger partial charge in [-0.2, -0.15) is 0 Å². The van der Waals surface area contributed by atoms with Gasteiger partial charge in [0.05, 0.1) is 22.9 Å². The first-order valence-electron chi connectivity index (χ1n) is 8.93. The van der Waals surface area contributed by atoms with Gasteiger partial charge in [-0.3, -0.25) is 9.59 Å². The number of benzene rings is 1. The van der Waals surface area contributed by atoms with E-state index in [-0.39, 0.29) is 35.3 Å². The molecular formula is C19H17N3O4S2. The van der Waals surface area contributed by atoms with Crippen LogP contribution < -0.4 is 10.6 Å². The molecule has 0 saturated carbocycles. The quantitative estimate of drug-likeness (QED) is 0.636. The average molecular weight is 415 g/mol. The van der Waals surface area contributed by atoms with Gasteiger partial charge in [-0.1, -0.05) is 29.8 Å². The summed E-state index contributed by atoms with van der Waals surface area (Å²) < 4.78 is 25.2. The van der Waals surface area contributed by atoms with Crippen molar-refractivity contribution < 1.29 is 13.2 Å². The van der Waals surface area contributed by atoms with E-state index in [1.54, 1.807) is 0 Å². The first-order valence-corrected chi connectivity index (χ1v) is 11.6. The Morgan fingerprint density at radius 1 is 1.14 bits per heavy atom. The molecule has 4 heterocycles. The van der Waals surface area contributed by atoms with Crippen LogP contribution in [0.5, 0.6) is 0 Å². The van der Waals surface area contributed by atoms with Crippen LogP contribution in [0.1, 0.15) is 12.0 Å². The third kappa shape index (κ3) is 2.61. The van der Waals surface area contributed by atoms with Crippen LogP contribution in [0.4, 0.5) is 0 Å². The highest BCUT2D eigenvalue weighted by molar-refractivity contribution is 7.91. The Morgan fingerprint density at radius 3 is 2.64 bits per heavy atom. The number of hydrogen-bond donors (Lipinski definition) is 0. The monoisotopic (exact) mass is 415 g/mol. The van der Waals surface area contributed by atoms with Crippen molar-refractivity contribution in [2.75, 3.05) is 16.5 Å². The maximum absolute atomic E-state index is 13.3. The summed E-state index contributed by atoms with van der Waals surface area (Å²) in [4.78, 5) is 30.9. The minimum atomic E-state index is -3.20. The van der Waals surface area contributed by atoms with Gasteiger partial charge in [-0.25, -0.2) is 23.1 Å². The van der Waals surface area contributed by atoms with Crippen molar-refractivity contribution in [2.24, 2.45) is 5.92 Å². The van der Waals surface area contributed by atoms with E-state index >= 15 is 0 Å². The summed E-state index contributed by atoms with van der Waals surface area (Å²) in [7, 11) is -3.20. The molecule has 28 heavy (non-hydrogen) atoms. The average Bonchev–Trinajstić information content (AvgIpc) is 3.27. The summed E-state index contributed by atoms with van der Waals surface area (Å²) in [6, 6.07) is 7.36. The molecule has 144 valence electrons. The lowest BCUT2D eigenvalue weighted by Gasteiger charge is -2.24. The molecule has 0 N–H and O–H groups in total. The van der Waals surface area contributed by atoms with Crippen LogP contribution in [0, 0.1) is 12.8 Å². The van der Waals surface area contributed by atoms with Gasteiger partial charge in [0.15, 0.2) is 9.84 Å². The van der Waals surface area contributed by atoms with E-state index in [1.165, 1.54) is 27.3 Å². The highest BCUT2D eigenvalue weighted by Crippen LogP contribution is 2.34. The Kier molecular flexibility index (Phi) is 3.76. The summed E-state index contributed by atoms with van der Waals surface area (Å²) >= 11 is 1.37. The van der Waals surface area contributed by atoms with Crippen LogP contribution in [0.3, 0.4) is 0 Å². The van der Waals surface area contributed by atoms with Crippen LogP contribution in [0.2, 0.25) is 0 Å². The largest absolute Gasteiger partial charge is 0.281 e. The summed E-state index contributed by atoms with van der Waals surface area (Å²) in [6.07, 6.45) is 1.48. The molecule has 2 aliphatic heterocycles. The Balaban J connectivity index is 1.66. The highest BCUT2D eigenvalue weighted by atomic mass is 32.2. The Hall–Kier alpha value is -2.52. The number of carbonyl (C=O) groups excluding carboxylic acids is 1. The second-order valence-corrected chi connectivity index (χ2v) is 10.4. The number of nitrogens with zero attached hydrogens (tertiary/aromatic N) is 3. The Bertz CT molecular complexity index is 1270. The number of fused-ring (bicyclic) bond motifs is 2. The highest BCUT2D eigenvalue weighted by Gasteiger charge is 2.50. The molecule has 7 nitrogen and oxygen atoms in total. The van der Waals surface area contributed by atoms with Gasteiger partial charge in [0, 0.05) is 23.3 Å². The minimum absolute atomic E-state index is 0.00258. The topological polar surface area (TPSA) is 89.3 Å². The molecule has 2 aliphatic rings. The maximum Gasteiger partial charge on any atom is 0.281 e. The summed E-state index contributed by atoms with van der Waals surface area (Å²) in [5.74, 6) is -0.612. The van der Waals surface area contributed by atoms with Crippen molar-refractivity contribution in [2.45, 2.75) is 19.4 Å². The third-order valence-electron chi connectivity index (χ3n) is 5.52. The van der Waals surface area contributed by atoms with Crippen molar-refractivity contribution in [1.82, 2.24) is 9.66 Å². The standard InChI is InChI=1S/C19H17N3O4S2/c1-11-2-4-12(5-3-11)14-7-27-18-17(14)19(24)21(10-20-18)22-15-9-28(25,26)8-13(15)6-16(22)23/h2-5,7,10,13,15H,6,8-9H2,1H3/t13-,15-/m0/s1. The van der Waals surface area contributed by atoms with E-state index in [9.17, 15) is 18.0 Å². The van der Waals surface area contributed by atoms with Crippen molar-refractivity contribution in [3.63, 3.8) is 0 Å². The number of aryl methyl sites for hydroxylation is 1. The molecule has 2 atom stereocenters. The molecule has 3 aromatic rings. The Morgan fingerprint density at radius 2 is 1.89 bits per heavy atom. The molecule has 5 rings (SSSR count). The number of rotatable bonds is 2. The first-order chi connectivity index (χ1) is 13.3. The molecule has 2 fully saturated rings. The lowest BCUT2D eigenvalue weighted by molar-refractivity contribution is -0.118. The second kappa shape index (κ2) is 5.99. The molecule has 9 heteroatoms. The predicted molar refractivity (Wildman–Crippen MR) is 108 cm³/mol.